The first-order valence-electron chi connectivity index (χ1n) is 26.8. The number of hydrogen-bond acceptors (Lipinski definition) is 3. The summed E-state index contributed by atoms with van der Waals surface area (Å²) in [5.41, 5.74) is 17.8. The molecule has 11 aromatic carbocycles. The van der Waals surface area contributed by atoms with Gasteiger partial charge < -0.3 is 0 Å². The Morgan fingerprint density at radius 2 is 0.679 bits per heavy atom. The summed E-state index contributed by atoms with van der Waals surface area (Å²) in [6.45, 7) is 8.75. The number of aryl methyl sites for hydroxylation is 4. The van der Waals surface area contributed by atoms with Crippen LogP contribution in [0.3, 0.4) is 0 Å². The number of aromatic nitrogens is 4. The molecule has 5 heteroatoms. The normalized spacial score (nSPS) is 11.6. The van der Waals surface area contributed by atoms with Crippen LogP contribution >= 0.6 is 0 Å². The van der Waals surface area contributed by atoms with E-state index in [1.54, 1.807) is 0 Å². The van der Waals surface area contributed by atoms with Gasteiger partial charge in [0.25, 0.3) is 0 Å². The van der Waals surface area contributed by atoms with Crippen LogP contribution in [0.2, 0.25) is 0 Å². The van der Waals surface area contributed by atoms with Crippen LogP contribution in [0.25, 0.3) is 95.0 Å². The molecule has 0 N–H and O–H groups in total. The molecule has 0 fully saturated rings. The van der Waals surface area contributed by atoms with Crippen molar-refractivity contribution in [3.05, 3.63) is 289 Å². The Bertz CT molecular complexity index is 4080. The van der Waals surface area contributed by atoms with Crippen molar-refractivity contribution in [3.8, 4) is 73.2 Å². The first kappa shape index (κ1) is 48.4. The van der Waals surface area contributed by atoms with E-state index in [0.717, 1.165) is 55.7 Å². The molecular formula is C73H56GeN4. The second kappa shape index (κ2) is 20.4. The average Bonchev–Trinajstić information content (AvgIpc) is 3.98. The maximum absolute atomic E-state index is 5.48. The molecule has 2 heterocycles. The molecule has 0 radical (unpaired) electrons. The molecule has 372 valence electrons. The van der Waals surface area contributed by atoms with Gasteiger partial charge in [-0.3, -0.25) is 0 Å². The molecule has 0 aliphatic heterocycles. The average molecular weight is 1060 g/mol. The molecule has 0 bridgehead atoms. The van der Waals surface area contributed by atoms with Gasteiger partial charge in [-0.1, -0.05) is 59.7 Å². The Morgan fingerprint density at radius 1 is 0.282 bits per heavy atom. The Morgan fingerprint density at radius 3 is 1.14 bits per heavy atom. The van der Waals surface area contributed by atoms with Crippen LogP contribution in [0.5, 0.6) is 0 Å². The van der Waals surface area contributed by atoms with Gasteiger partial charge in [0.2, 0.25) is 0 Å². The van der Waals surface area contributed by atoms with E-state index in [4.69, 9.17) is 15.0 Å². The summed E-state index contributed by atoms with van der Waals surface area (Å²) in [7, 11) is 0. The third kappa shape index (κ3) is 8.74. The van der Waals surface area contributed by atoms with E-state index in [-0.39, 0.29) is 0 Å². The zero-order chi connectivity index (χ0) is 52.7. The molecule has 0 aliphatic carbocycles. The summed E-state index contributed by atoms with van der Waals surface area (Å²) in [6, 6.07) is 98.0. The van der Waals surface area contributed by atoms with Gasteiger partial charge in [-0.2, -0.15) is 0 Å². The molecule has 0 amide bonds. The van der Waals surface area contributed by atoms with Crippen molar-refractivity contribution in [1.82, 2.24) is 19.5 Å². The summed E-state index contributed by atoms with van der Waals surface area (Å²) in [5.74, 6) is 1.81. The molecule has 13 rings (SSSR count). The number of fused-ring (bicyclic) bond motifs is 3. The number of hydrogen-bond donors (Lipinski definition) is 0. The summed E-state index contributed by atoms with van der Waals surface area (Å²) >= 11 is -3.65. The smallest absolute Gasteiger partial charge is 0.0391 e. The fourth-order valence-electron chi connectivity index (χ4n) is 11.9. The molecular weight excluding hydrogens is 1010 g/mol. The van der Waals surface area contributed by atoms with Crippen molar-refractivity contribution in [2.75, 3.05) is 0 Å². The van der Waals surface area contributed by atoms with Gasteiger partial charge in [-0.25, -0.2) is 0 Å². The first-order chi connectivity index (χ1) is 38.3. The fourth-order valence-corrected chi connectivity index (χ4v) is 22.0. The van der Waals surface area contributed by atoms with Crippen molar-refractivity contribution in [1.29, 1.82) is 0 Å². The van der Waals surface area contributed by atoms with Gasteiger partial charge in [-0.05, 0) is 38.8 Å². The van der Waals surface area contributed by atoms with Gasteiger partial charge in [0.05, 0.1) is 0 Å². The van der Waals surface area contributed by atoms with E-state index in [1.807, 2.05) is 36.4 Å². The minimum atomic E-state index is -3.65. The maximum atomic E-state index is 5.48. The molecule has 0 unspecified atom stereocenters. The van der Waals surface area contributed by atoms with Crippen molar-refractivity contribution < 1.29 is 0 Å². The van der Waals surface area contributed by atoms with E-state index in [0.29, 0.717) is 17.5 Å². The zero-order valence-corrected chi connectivity index (χ0v) is 46.3. The van der Waals surface area contributed by atoms with Crippen molar-refractivity contribution in [2.24, 2.45) is 0 Å². The van der Waals surface area contributed by atoms with E-state index in [2.05, 4.69) is 263 Å². The minimum Gasteiger partial charge on any atom is -0.0558 e. The summed E-state index contributed by atoms with van der Waals surface area (Å²) < 4.78 is 7.94. The molecule has 0 saturated carbocycles. The number of nitrogens with zero attached hydrogens (tertiary/aromatic N) is 4. The van der Waals surface area contributed by atoms with Gasteiger partial charge in [0.1, 0.15) is 0 Å². The SMILES string of the molecule is Cc1ccc(-c2ccc3c4ccc(-c5ccc(C)cc5C)cc4n(-c4ccc(-c5ccc[c]([Ge]([c]6ccccc6)([c]6ccccc6)[c]6ccccc6)c5)cc4-c4nc(-c5ccccc5)nc(-c5ccccc5)n4)c3c2)c(C)c1. The van der Waals surface area contributed by atoms with Crippen LogP contribution in [-0.2, 0) is 0 Å². The Hall–Kier alpha value is -9.23. The standard InChI is InChI=1S/C73H56GeN4/c1-49-33-38-63(51(3)43-49)57-35-40-65-66-41-36-58(64-39-34-50(2)44-52(64)4)48-70(66)78(69(65)47-57)68-42-37-56(46-67(68)73-76-71(53-21-10-5-11-22-53)75-72(77-73)54-23-12-6-13-24-54)55-25-20-32-62(45-55)74(59-26-14-7-15-27-59,60-28-16-8-17-29-60)61-30-18-9-19-31-61/h5-48H,1-4H3. The molecule has 0 spiro atoms. The molecule has 0 saturated heterocycles. The van der Waals surface area contributed by atoms with Gasteiger partial charge in [0.15, 0.2) is 0 Å². The molecule has 4 nitrogen and oxygen atoms in total. The van der Waals surface area contributed by atoms with Gasteiger partial charge in [0, 0.05) is 0 Å². The number of benzene rings is 11. The van der Waals surface area contributed by atoms with Gasteiger partial charge in [-0.15, -0.1) is 0 Å². The fraction of sp³-hybridized carbons (Fsp3) is 0.0548. The summed E-state index contributed by atoms with van der Waals surface area (Å²) in [5, 5.41) is 2.34. The Balaban J connectivity index is 1.11. The van der Waals surface area contributed by atoms with Crippen LogP contribution in [0.15, 0.2) is 267 Å². The second-order valence-electron chi connectivity index (χ2n) is 20.6. The van der Waals surface area contributed by atoms with Crippen LogP contribution < -0.4 is 17.6 Å². The Kier molecular flexibility index (Phi) is 12.6. The molecule has 13 aromatic rings. The quantitative estimate of drug-likeness (QED) is 0.121. The van der Waals surface area contributed by atoms with E-state index < -0.39 is 13.3 Å². The third-order valence-electron chi connectivity index (χ3n) is 15.6. The largest absolute Gasteiger partial charge is 0.0558 e. The first-order valence-corrected chi connectivity index (χ1v) is 31.0. The van der Waals surface area contributed by atoms with E-state index in [1.165, 1.54) is 61.7 Å². The van der Waals surface area contributed by atoms with Crippen molar-refractivity contribution >= 4 is 52.7 Å². The third-order valence-corrected chi connectivity index (χ3v) is 25.6. The topological polar surface area (TPSA) is 43.6 Å². The summed E-state index contributed by atoms with van der Waals surface area (Å²) in [4.78, 5) is 16.2. The Labute approximate surface area is 459 Å². The minimum absolute atomic E-state index is 0.589. The zero-order valence-electron chi connectivity index (χ0n) is 44.2. The van der Waals surface area contributed by atoms with Crippen LogP contribution in [0, 0.1) is 27.7 Å². The molecule has 0 aliphatic rings. The maximum Gasteiger partial charge on any atom is -0.0391 e. The van der Waals surface area contributed by atoms with Crippen molar-refractivity contribution in [3.63, 3.8) is 0 Å². The molecule has 2 aromatic heterocycles. The van der Waals surface area contributed by atoms with Crippen LogP contribution in [-0.4, -0.2) is 32.8 Å². The number of rotatable bonds is 11. The van der Waals surface area contributed by atoms with Crippen LogP contribution in [0.1, 0.15) is 22.3 Å². The summed E-state index contributed by atoms with van der Waals surface area (Å²) in [6.07, 6.45) is 0. The van der Waals surface area contributed by atoms with Crippen molar-refractivity contribution in [2.45, 2.75) is 27.7 Å². The van der Waals surface area contributed by atoms with E-state index >= 15 is 0 Å². The molecule has 78 heavy (non-hydrogen) atoms. The van der Waals surface area contributed by atoms with E-state index in [9.17, 15) is 0 Å². The van der Waals surface area contributed by atoms with Crippen LogP contribution in [0.4, 0.5) is 0 Å². The van der Waals surface area contributed by atoms with Gasteiger partial charge >= 0.3 is 364 Å². The second-order valence-corrected chi connectivity index (χ2v) is 28.6. The predicted octanol–water partition coefficient (Wildman–Crippen LogP) is 15.6. The molecule has 0 atom stereocenters. The monoisotopic (exact) mass is 1060 g/mol. The predicted molar refractivity (Wildman–Crippen MR) is 329 cm³/mol.